The number of benzene rings is 2. The number of nitrogens with one attached hydrogen (secondary N) is 1. The van der Waals surface area contributed by atoms with Crippen molar-refractivity contribution >= 4 is 46.6 Å². The number of aromatic nitrogens is 3. The molecular weight excluding hydrogens is 448 g/mol. The van der Waals surface area contributed by atoms with Crippen LogP contribution in [0.25, 0.3) is 5.69 Å². The van der Waals surface area contributed by atoms with Gasteiger partial charge in [-0.05, 0) is 63.5 Å². The lowest BCUT2D eigenvalue weighted by molar-refractivity contribution is -0.113. The quantitative estimate of drug-likeness (QED) is 0.491. The fourth-order valence-corrected chi connectivity index (χ4v) is 3.68. The van der Waals surface area contributed by atoms with Crippen LogP contribution in [0.1, 0.15) is 18.8 Å². The van der Waals surface area contributed by atoms with Crippen molar-refractivity contribution in [3.8, 4) is 5.69 Å². The number of nitrogens with zero attached hydrogens (tertiary/aromatic N) is 4. The smallest absolute Gasteiger partial charge is 0.234 e. The molecule has 3 rings (SSSR count). The first-order valence-electron chi connectivity index (χ1n) is 9.01. The monoisotopic (exact) mass is 467 g/mol. The molecule has 0 saturated heterocycles. The molecule has 2 aromatic carbocycles. The second-order valence-electron chi connectivity index (χ2n) is 6.76. The summed E-state index contributed by atoms with van der Waals surface area (Å²) in [7, 11) is 3.92. The van der Waals surface area contributed by atoms with E-state index in [2.05, 4.69) is 15.5 Å². The average Bonchev–Trinajstić information content (AvgIpc) is 3.13. The number of hydrogen-bond donors (Lipinski definition) is 1. The summed E-state index contributed by atoms with van der Waals surface area (Å²) in [4.78, 5) is 14.4. The fraction of sp³-hybridized carbons (Fsp3) is 0.250. The highest BCUT2D eigenvalue weighted by Crippen LogP contribution is 2.28. The minimum absolute atomic E-state index is 0.00212. The van der Waals surface area contributed by atoms with Gasteiger partial charge in [0.2, 0.25) is 5.91 Å². The van der Waals surface area contributed by atoms with Gasteiger partial charge in [0.25, 0.3) is 0 Å². The minimum Gasteiger partial charge on any atom is -0.325 e. The lowest BCUT2D eigenvalue weighted by Gasteiger charge is -2.20. The molecule has 1 aromatic heterocycles. The van der Waals surface area contributed by atoms with Gasteiger partial charge in [0, 0.05) is 16.4 Å². The Morgan fingerprint density at radius 1 is 1.20 bits per heavy atom. The Labute approximate surface area is 188 Å². The Kier molecular flexibility index (Phi) is 7.36. The van der Waals surface area contributed by atoms with Gasteiger partial charge in [-0.2, -0.15) is 0 Å². The first-order chi connectivity index (χ1) is 14.3. The van der Waals surface area contributed by atoms with Crippen LogP contribution in [0, 0.1) is 5.82 Å². The SMILES string of the molecule is CC(c1nnc(SCC(=O)Nc2ccc(F)c(Cl)c2)n1-c1ccc(Cl)cc1)N(C)C. The number of rotatable bonds is 7. The van der Waals surface area contributed by atoms with E-state index in [1.165, 1.54) is 30.0 Å². The predicted octanol–water partition coefficient (Wildman–Crippen LogP) is 5.07. The zero-order valence-corrected chi connectivity index (χ0v) is 18.9. The van der Waals surface area contributed by atoms with Crippen LogP contribution in [-0.2, 0) is 4.79 Å². The molecule has 1 heterocycles. The molecule has 1 N–H and O–H groups in total. The number of thioether (sulfide) groups is 1. The third-order valence-corrected chi connectivity index (χ3v) is 5.90. The van der Waals surface area contributed by atoms with E-state index in [1.807, 2.05) is 42.6 Å². The van der Waals surface area contributed by atoms with Crippen LogP contribution in [0.4, 0.5) is 10.1 Å². The van der Waals surface area contributed by atoms with Gasteiger partial charge in [-0.3, -0.25) is 14.3 Å². The second kappa shape index (κ2) is 9.78. The maximum Gasteiger partial charge on any atom is 0.234 e. The van der Waals surface area contributed by atoms with Crippen LogP contribution in [0.3, 0.4) is 0 Å². The number of halogens is 3. The Morgan fingerprint density at radius 3 is 2.53 bits per heavy atom. The van der Waals surface area contributed by atoms with Crippen molar-refractivity contribution < 1.29 is 9.18 Å². The Hall–Kier alpha value is -2.13. The first kappa shape index (κ1) is 22.6. The Balaban J connectivity index is 1.80. The van der Waals surface area contributed by atoms with E-state index in [0.717, 1.165) is 11.5 Å². The maximum atomic E-state index is 13.3. The summed E-state index contributed by atoms with van der Waals surface area (Å²) in [6.07, 6.45) is 0. The first-order valence-corrected chi connectivity index (χ1v) is 10.8. The van der Waals surface area contributed by atoms with E-state index in [-0.39, 0.29) is 22.7 Å². The standard InChI is InChI=1S/C20H20Cl2FN5OS/c1-12(27(2)3)19-25-26-20(28(19)15-7-4-13(21)5-8-15)30-11-18(29)24-14-6-9-17(23)16(22)10-14/h4-10,12H,11H2,1-3H3,(H,24,29). The predicted molar refractivity (Wildman–Crippen MR) is 119 cm³/mol. The van der Waals surface area contributed by atoms with Crippen molar-refractivity contribution in [3.63, 3.8) is 0 Å². The van der Waals surface area contributed by atoms with Crippen LogP contribution in [0.2, 0.25) is 10.0 Å². The molecule has 10 heteroatoms. The van der Waals surface area contributed by atoms with E-state index in [1.54, 1.807) is 12.1 Å². The van der Waals surface area contributed by atoms with E-state index in [4.69, 9.17) is 23.2 Å². The third kappa shape index (κ3) is 5.31. The molecule has 158 valence electrons. The Morgan fingerprint density at radius 2 is 1.90 bits per heavy atom. The molecule has 0 fully saturated rings. The van der Waals surface area contributed by atoms with Crippen LogP contribution >= 0.6 is 35.0 Å². The summed E-state index contributed by atoms with van der Waals surface area (Å²) in [5.41, 5.74) is 1.27. The van der Waals surface area contributed by atoms with Gasteiger partial charge in [0.05, 0.1) is 16.8 Å². The van der Waals surface area contributed by atoms with Crippen molar-refractivity contribution in [2.45, 2.75) is 18.1 Å². The summed E-state index contributed by atoms with van der Waals surface area (Å²) in [5.74, 6) is 0.0330. The van der Waals surface area contributed by atoms with Crippen molar-refractivity contribution in [3.05, 3.63) is 64.2 Å². The molecule has 0 radical (unpaired) electrons. The zero-order chi connectivity index (χ0) is 21.8. The summed E-state index contributed by atoms with van der Waals surface area (Å²) < 4.78 is 15.2. The third-order valence-electron chi connectivity index (χ3n) is 4.43. The highest BCUT2D eigenvalue weighted by Gasteiger charge is 2.21. The molecule has 0 aliphatic rings. The lowest BCUT2D eigenvalue weighted by atomic mass is 10.2. The van der Waals surface area contributed by atoms with Gasteiger partial charge in [0.1, 0.15) is 5.82 Å². The van der Waals surface area contributed by atoms with Crippen molar-refractivity contribution in [2.24, 2.45) is 0 Å². The van der Waals surface area contributed by atoms with Crippen molar-refractivity contribution in [1.82, 2.24) is 19.7 Å². The topological polar surface area (TPSA) is 63.1 Å². The molecule has 1 atom stereocenters. The average molecular weight is 468 g/mol. The number of amides is 1. The molecular formula is C20H20Cl2FN5OS. The van der Waals surface area contributed by atoms with Crippen molar-refractivity contribution in [2.75, 3.05) is 25.2 Å². The van der Waals surface area contributed by atoms with Gasteiger partial charge in [-0.1, -0.05) is 35.0 Å². The van der Waals surface area contributed by atoms with Crippen LogP contribution in [-0.4, -0.2) is 45.4 Å². The van der Waals surface area contributed by atoms with Crippen LogP contribution in [0.5, 0.6) is 0 Å². The van der Waals surface area contributed by atoms with Gasteiger partial charge in [0.15, 0.2) is 11.0 Å². The number of anilines is 1. The fourth-order valence-electron chi connectivity index (χ4n) is 2.61. The number of carbonyl (C=O) groups excluding carboxylic acids is 1. The number of hydrogen-bond acceptors (Lipinski definition) is 5. The molecule has 0 aliphatic carbocycles. The van der Waals surface area contributed by atoms with Gasteiger partial charge < -0.3 is 5.32 Å². The molecule has 1 unspecified atom stereocenters. The maximum absolute atomic E-state index is 13.3. The van der Waals surface area contributed by atoms with Crippen LogP contribution < -0.4 is 5.32 Å². The molecule has 0 aliphatic heterocycles. The molecule has 30 heavy (non-hydrogen) atoms. The second-order valence-corrected chi connectivity index (χ2v) is 8.54. The van der Waals surface area contributed by atoms with E-state index >= 15 is 0 Å². The van der Waals surface area contributed by atoms with Crippen LogP contribution in [0.15, 0.2) is 47.6 Å². The molecule has 3 aromatic rings. The summed E-state index contributed by atoms with van der Waals surface area (Å²) >= 11 is 13.0. The largest absolute Gasteiger partial charge is 0.325 e. The highest BCUT2D eigenvalue weighted by molar-refractivity contribution is 7.99. The highest BCUT2D eigenvalue weighted by atomic mass is 35.5. The molecule has 0 bridgehead atoms. The van der Waals surface area contributed by atoms with Gasteiger partial charge in [-0.25, -0.2) is 4.39 Å². The summed E-state index contributed by atoms with van der Waals surface area (Å²) in [6, 6.07) is 11.4. The van der Waals surface area contributed by atoms with E-state index in [0.29, 0.717) is 15.9 Å². The van der Waals surface area contributed by atoms with E-state index in [9.17, 15) is 9.18 Å². The molecule has 1 amide bonds. The van der Waals surface area contributed by atoms with Gasteiger partial charge >= 0.3 is 0 Å². The van der Waals surface area contributed by atoms with Crippen molar-refractivity contribution in [1.29, 1.82) is 0 Å². The lowest BCUT2D eigenvalue weighted by Crippen LogP contribution is -2.21. The summed E-state index contributed by atoms with van der Waals surface area (Å²) in [5, 5.41) is 12.5. The van der Waals surface area contributed by atoms with Gasteiger partial charge in [-0.15, -0.1) is 10.2 Å². The zero-order valence-electron chi connectivity index (χ0n) is 16.6. The van der Waals surface area contributed by atoms with E-state index < -0.39 is 5.82 Å². The molecule has 0 saturated carbocycles. The molecule has 6 nitrogen and oxygen atoms in total. The minimum atomic E-state index is -0.539. The Bertz CT molecular complexity index is 1040. The summed E-state index contributed by atoms with van der Waals surface area (Å²) in [6.45, 7) is 2.02. The molecule has 0 spiro atoms. The number of carbonyl (C=O) groups is 1. The normalized spacial score (nSPS) is 12.2.